The van der Waals surface area contributed by atoms with Crippen LogP contribution in [0.15, 0.2) is 42.5 Å². The third kappa shape index (κ3) is 3.27. The Hall–Kier alpha value is -0.540. The van der Waals surface area contributed by atoms with E-state index in [2.05, 4.69) is 24.4 Å². The molecule has 1 atom stereocenters. The molecule has 1 heterocycles. The van der Waals surface area contributed by atoms with Gasteiger partial charge in [-0.05, 0) is 24.6 Å². The van der Waals surface area contributed by atoms with Crippen LogP contribution in [-0.4, -0.2) is 5.88 Å². The van der Waals surface area contributed by atoms with E-state index in [9.17, 15) is 0 Å². The highest BCUT2D eigenvalue weighted by Gasteiger charge is 2.24. The third-order valence-corrected chi connectivity index (χ3v) is 4.73. The van der Waals surface area contributed by atoms with E-state index in [1.54, 1.807) is 11.3 Å². The van der Waals surface area contributed by atoms with Crippen LogP contribution in [0.4, 0.5) is 0 Å². The van der Waals surface area contributed by atoms with Crippen molar-refractivity contribution in [3.63, 3.8) is 0 Å². The molecule has 0 amide bonds. The molecule has 0 saturated carbocycles. The van der Waals surface area contributed by atoms with Crippen LogP contribution >= 0.6 is 34.5 Å². The van der Waals surface area contributed by atoms with E-state index in [1.807, 2.05) is 30.3 Å². The Morgan fingerprint density at radius 2 is 1.89 bits per heavy atom. The molecule has 1 nitrogen and oxygen atoms in total. The molecule has 0 saturated heterocycles. The van der Waals surface area contributed by atoms with Gasteiger partial charge >= 0.3 is 0 Å². The number of halogens is 2. The molecule has 4 heteroatoms. The molecule has 96 valence electrons. The molecule has 1 N–H and O–H groups in total. The van der Waals surface area contributed by atoms with Crippen LogP contribution in [0.1, 0.15) is 17.4 Å². The molecule has 0 fully saturated rings. The Balaban J connectivity index is 2.09. The van der Waals surface area contributed by atoms with E-state index in [0.29, 0.717) is 5.88 Å². The van der Waals surface area contributed by atoms with Crippen molar-refractivity contribution < 1.29 is 0 Å². The average Bonchev–Trinajstić information content (AvgIpc) is 2.83. The fourth-order valence-electron chi connectivity index (χ4n) is 1.76. The molecule has 0 bridgehead atoms. The maximum absolute atomic E-state index is 6.13. The smallest absolute Gasteiger partial charge is 0.0931 e. The van der Waals surface area contributed by atoms with Gasteiger partial charge in [0.05, 0.1) is 9.88 Å². The van der Waals surface area contributed by atoms with Crippen LogP contribution < -0.4 is 5.32 Å². The zero-order valence-corrected chi connectivity index (χ0v) is 12.4. The number of alkyl halides is 1. The van der Waals surface area contributed by atoms with Gasteiger partial charge in [-0.1, -0.05) is 41.9 Å². The monoisotopic (exact) mass is 299 g/mol. The first-order valence-electron chi connectivity index (χ1n) is 5.75. The van der Waals surface area contributed by atoms with Gasteiger partial charge in [-0.3, -0.25) is 0 Å². The standard InChI is InChI=1S/C14H15Cl2NS/c1-14(10-15,11-5-3-2-4-6-11)17-9-12-7-8-13(16)18-12/h2-8,17H,9-10H2,1H3. The summed E-state index contributed by atoms with van der Waals surface area (Å²) in [6.45, 7) is 2.89. The molecule has 2 rings (SSSR count). The Morgan fingerprint density at radius 1 is 1.17 bits per heavy atom. The molecule has 0 aliphatic carbocycles. The van der Waals surface area contributed by atoms with Crippen LogP contribution in [0.25, 0.3) is 0 Å². The Bertz CT molecular complexity index is 498. The Morgan fingerprint density at radius 3 is 2.44 bits per heavy atom. The number of hydrogen-bond donors (Lipinski definition) is 1. The fourth-order valence-corrected chi connectivity index (χ4v) is 3.04. The highest BCUT2D eigenvalue weighted by Crippen LogP contribution is 2.25. The average molecular weight is 300 g/mol. The summed E-state index contributed by atoms with van der Waals surface area (Å²) in [4.78, 5) is 1.22. The highest BCUT2D eigenvalue weighted by molar-refractivity contribution is 7.16. The lowest BCUT2D eigenvalue weighted by molar-refractivity contribution is 0.408. The summed E-state index contributed by atoms with van der Waals surface area (Å²) in [5.74, 6) is 0.524. The van der Waals surface area contributed by atoms with Crippen LogP contribution in [0.3, 0.4) is 0 Å². The zero-order valence-electron chi connectivity index (χ0n) is 10.1. The first-order valence-corrected chi connectivity index (χ1v) is 7.48. The van der Waals surface area contributed by atoms with Crippen molar-refractivity contribution in [2.24, 2.45) is 0 Å². The molecule has 0 aliphatic rings. The van der Waals surface area contributed by atoms with E-state index >= 15 is 0 Å². The maximum atomic E-state index is 6.13. The Kier molecular flexibility index (Phi) is 4.68. The van der Waals surface area contributed by atoms with E-state index < -0.39 is 0 Å². The number of nitrogens with one attached hydrogen (secondary N) is 1. The van der Waals surface area contributed by atoms with Gasteiger partial charge in [-0.25, -0.2) is 0 Å². The molecule has 1 aromatic heterocycles. The molecule has 1 unspecified atom stereocenters. The van der Waals surface area contributed by atoms with Gasteiger partial charge in [0.25, 0.3) is 0 Å². The number of thiophene rings is 1. The predicted octanol–water partition coefficient (Wildman–Crippen LogP) is 4.65. The molecule has 2 aromatic rings. The predicted molar refractivity (Wildman–Crippen MR) is 80.7 cm³/mol. The SMILES string of the molecule is CC(CCl)(NCc1ccc(Cl)s1)c1ccccc1. The minimum Gasteiger partial charge on any atom is -0.302 e. The Labute approximate surface area is 122 Å². The second-order valence-corrected chi connectivity index (χ2v) is 6.46. The summed E-state index contributed by atoms with van der Waals surface area (Å²) >= 11 is 13.6. The summed E-state index contributed by atoms with van der Waals surface area (Å²) in [6.07, 6.45) is 0. The van der Waals surface area contributed by atoms with Crippen LogP contribution in [0.2, 0.25) is 4.34 Å². The number of benzene rings is 1. The second-order valence-electron chi connectivity index (χ2n) is 4.39. The van der Waals surface area contributed by atoms with Crippen molar-refractivity contribution in [2.45, 2.75) is 19.0 Å². The second kappa shape index (κ2) is 6.07. The highest BCUT2D eigenvalue weighted by atomic mass is 35.5. The van der Waals surface area contributed by atoms with Gasteiger partial charge < -0.3 is 5.32 Å². The van der Waals surface area contributed by atoms with E-state index in [4.69, 9.17) is 23.2 Å². The summed E-state index contributed by atoms with van der Waals surface area (Å²) in [5.41, 5.74) is 0.974. The number of hydrogen-bond acceptors (Lipinski definition) is 2. The lowest BCUT2D eigenvalue weighted by Crippen LogP contribution is -2.40. The maximum Gasteiger partial charge on any atom is 0.0931 e. The van der Waals surface area contributed by atoms with Gasteiger partial charge in [0.1, 0.15) is 0 Å². The van der Waals surface area contributed by atoms with Gasteiger partial charge in [-0.2, -0.15) is 0 Å². The lowest BCUT2D eigenvalue weighted by atomic mass is 9.94. The van der Waals surface area contributed by atoms with Crippen LogP contribution in [0.5, 0.6) is 0 Å². The van der Waals surface area contributed by atoms with Gasteiger partial charge in [-0.15, -0.1) is 22.9 Å². The van der Waals surface area contributed by atoms with Crippen LogP contribution in [-0.2, 0) is 12.1 Å². The summed E-state index contributed by atoms with van der Waals surface area (Å²) in [7, 11) is 0. The van der Waals surface area contributed by atoms with E-state index in [0.717, 1.165) is 10.9 Å². The zero-order chi connectivity index (χ0) is 13.0. The van der Waals surface area contributed by atoms with Crippen LogP contribution in [0, 0.1) is 0 Å². The number of rotatable bonds is 5. The topological polar surface area (TPSA) is 12.0 Å². The third-order valence-electron chi connectivity index (χ3n) is 2.96. The molecule has 0 radical (unpaired) electrons. The molecule has 0 aliphatic heterocycles. The first-order chi connectivity index (χ1) is 8.64. The fraction of sp³-hybridized carbons (Fsp3) is 0.286. The van der Waals surface area contributed by atoms with Crippen molar-refractivity contribution in [3.8, 4) is 0 Å². The largest absolute Gasteiger partial charge is 0.302 e. The van der Waals surface area contributed by atoms with Crippen molar-refractivity contribution >= 4 is 34.5 Å². The van der Waals surface area contributed by atoms with E-state index in [1.165, 1.54) is 10.4 Å². The minimum atomic E-state index is -0.223. The first kappa shape index (κ1) is 13.9. The minimum absolute atomic E-state index is 0.223. The van der Waals surface area contributed by atoms with Gasteiger partial charge in [0.2, 0.25) is 0 Å². The normalized spacial score (nSPS) is 14.4. The van der Waals surface area contributed by atoms with E-state index in [-0.39, 0.29) is 5.54 Å². The quantitative estimate of drug-likeness (QED) is 0.793. The van der Waals surface area contributed by atoms with Crippen molar-refractivity contribution in [1.82, 2.24) is 5.32 Å². The molecular weight excluding hydrogens is 285 g/mol. The van der Waals surface area contributed by atoms with Gasteiger partial charge in [0.15, 0.2) is 0 Å². The summed E-state index contributed by atoms with van der Waals surface area (Å²) in [5, 5.41) is 3.51. The molecule has 18 heavy (non-hydrogen) atoms. The van der Waals surface area contributed by atoms with Crippen molar-refractivity contribution in [2.75, 3.05) is 5.88 Å². The lowest BCUT2D eigenvalue weighted by Gasteiger charge is -2.29. The molecule has 0 spiro atoms. The summed E-state index contributed by atoms with van der Waals surface area (Å²) < 4.78 is 0.819. The molecular formula is C14H15Cl2NS. The summed E-state index contributed by atoms with van der Waals surface area (Å²) in [6, 6.07) is 14.2. The molecule has 1 aromatic carbocycles. The van der Waals surface area contributed by atoms with Gasteiger partial charge in [0, 0.05) is 17.3 Å². The van der Waals surface area contributed by atoms with Crippen molar-refractivity contribution in [3.05, 3.63) is 57.2 Å². The van der Waals surface area contributed by atoms with Crippen molar-refractivity contribution in [1.29, 1.82) is 0 Å².